The molecule has 1 aliphatic heterocycles. The van der Waals surface area contributed by atoms with Crippen LogP contribution in [-0.2, 0) is 6.54 Å². The molecule has 0 saturated carbocycles. The van der Waals surface area contributed by atoms with Crippen LogP contribution in [0.25, 0.3) is 0 Å². The van der Waals surface area contributed by atoms with E-state index in [1.807, 2.05) is 18.2 Å². The van der Waals surface area contributed by atoms with Gasteiger partial charge in [0.2, 0.25) is 5.43 Å². The second-order valence-corrected chi connectivity index (χ2v) is 9.73. The van der Waals surface area contributed by atoms with E-state index in [1.165, 1.54) is 24.3 Å². The standard InChI is InChI=1S/C30H34F2N2O2/c1-21(2)24-5-6-25(30(35)28(19-24)36-3)20-33-15-4-16-34(18-17-33)29(22-7-11-26(31)12-8-22)23-9-13-27(32)14-10-23/h5-14,19,21,29H,4,15-18,20H2,1-3H3. The largest absolute Gasteiger partial charge is 0.493 e. The van der Waals surface area contributed by atoms with Gasteiger partial charge in [-0.1, -0.05) is 50.2 Å². The number of rotatable bonds is 7. The topological polar surface area (TPSA) is 32.8 Å². The maximum atomic E-state index is 13.6. The fourth-order valence-corrected chi connectivity index (χ4v) is 4.88. The summed E-state index contributed by atoms with van der Waals surface area (Å²) in [4.78, 5) is 17.8. The molecule has 4 rings (SSSR count). The van der Waals surface area contributed by atoms with Crippen LogP contribution in [-0.4, -0.2) is 43.1 Å². The predicted octanol–water partition coefficient (Wildman–Crippen LogP) is 5.75. The average molecular weight is 493 g/mol. The summed E-state index contributed by atoms with van der Waals surface area (Å²) in [5, 5.41) is 0. The Morgan fingerprint density at radius 3 is 1.94 bits per heavy atom. The molecule has 0 aromatic heterocycles. The minimum Gasteiger partial charge on any atom is -0.493 e. The van der Waals surface area contributed by atoms with Gasteiger partial charge in [-0.05, 0) is 65.9 Å². The van der Waals surface area contributed by atoms with E-state index in [0.29, 0.717) is 18.2 Å². The highest BCUT2D eigenvalue weighted by molar-refractivity contribution is 5.34. The van der Waals surface area contributed by atoms with Gasteiger partial charge in [-0.2, -0.15) is 0 Å². The first-order chi connectivity index (χ1) is 17.4. The molecule has 0 N–H and O–H groups in total. The Hall–Kier alpha value is -3.09. The Balaban J connectivity index is 1.56. The van der Waals surface area contributed by atoms with Crippen molar-refractivity contribution in [1.82, 2.24) is 9.80 Å². The van der Waals surface area contributed by atoms with Gasteiger partial charge in [0, 0.05) is 31.7 Å². The van der Waals surface area contributed by atoms with Crippen LogP contribution in [0.5, 0.6) is 5.75 Å². The molecule has 0 spiro atoms. The number of hydrogen-bond acceptors (Lipinski definition) is 4. The number of benzene rings is 2. The van der Waals surface area contributed by atoms with Crippen molar-refractivity contribution in [3.05, 3.63) is 111 Å². The number of ether oxygens (including phenoxy) is 1. The minimum atomic E-state index is -0.279. The Labute approximate surface area is 212 Å². The lowest BCUT2D eigenvalue weighted by Crippen LogP contribution is -2.34. The molecule has 4 nitrogen and oxygen atoms in total. The average Bonchev–Trinajstić information content (AvgIpc) is 3.19. The minimum absolute atomic E-state index is 0.0685. The molecule has 0 unspecified atom stereocenters. The molecule has 0 bridgehead atoms. The fourth-order valence-electron chi connectivity index (χ4n) is 4.88. The van der Waals surface area contributed by atoms with E-state index in [9.17, 15) is 13.6 Å². The van der Waals surface area contributed by atoms with Crippen molar-refractivity contribution < 1.29 is 13.5 Å². The zero-order chi connectivity index (χ0) is 25.7. The summed E-state index contributed by atoms with van der Waals surface area (Å²) >= 11 is 0. The first-order valence-corrected chi connectivity index (χ1v) is 12.5. The number of methoxy groups -OCH3 is 1. The van der Waals surface area contributed by atoms with E-state index in [0.717, 1.165) is 54.9 Å². The summed E-state index contributed by atoms with van der Waals surface area (Å²) in [5.41, 5.74) is 3.67. The maximum Gasteiger partial charge on any atom is 0.224 e. The summed E-state index contributed by atoms with van der Waals surface area (Å²) < 4.78 is 32.7. The lowest BCUT2D eigenvalue weighted by molar-refractivity contribution is 0.220. The molecular weight excluding hydrogens is 458 g/mol. The van der Waals surface area contributed by atoms with Crippen molar-refractivity contribution in [1.29, 1.82) is 0 Å². The summed E-state index contributed by atoms with van der Waals surface area (Å²) in [6.45, 7) is 7.98. The molecule has 1 aliphatic rings. The maximum absolute atomic E-state index is 13.6. The third-order valence-corrected chi connectivity index (χ3v) is 6.93. The van der Waals surface area contributed by atoms with Gasteiger partial charge < -0.3 is 4.74 Å². The second kappa shape index (κ2) is 11.8. The lowest BCUT2D eigenvalue weighted by Gasteiger charge is -2.31. The Bertz CT molecular complexity index is 1170. The van der Waals surface area contributed by atoms with E-state index in [4.69, 9.17) is 4.74 Å². The summed E-state index contributed by atoms with van der Waals surface area (Å²) in [6, 6.07) is 18.8. The van der Waals surface area contributed by atoms with Gasteiger partial charge in [-0.25, -0.2) is 8.78 Å². The summed E-state index contributed by atoms with van der Waals surface area (Å²) in [6.07, 6.45) is 0.917. The van der Waals surface area contributed by atoms with Crippen LogP contribution in [0.4, 0.5) is 8.78 Å². The molecule has 0 radical (unpaired) electrons. The van der Waals surface area contributed by atoms with Crippen LogP contribution in [0.2, 0.25) is 0 Å². The van der Waals surface area contributed by atoms with Crippen molar-refractivity contribution in [3.63, 3.8) is 0 Å². The molecule has 6 heteroatoms. The molecule has 1 fully saturated rings. The molecule has 3 aromatic rings. The van der Waals surface area contributed by atoms with E-state index >= 15 is 0 Å². The van der Waals surface area contributed by atoms with Crippen LogP contribution in [0.1, 0.15) is 54.5 Å². The molecule has 1 saturated heterocycles. The number of nitrogens with zero attached hydrogens (tertiary/aromatic N) is 2. The van der Waals surface area contributed by atoms with Gasteiger partial charge in [0.05, 0.1) is 13.2 Å². The molecular formula is C30H34F2N2O2. The predicted molar refractivity (Wildman–Crippen MR) is 139 cm³/mol. The zero-order valence-corrected chi connectivity index (χ0v) is 21.2. The Kier molecular flexibility index (Phi) is 8.49. The SMILES string of the molecule is COc1cc(C(C)C)ccc(CN2CCCN(C(c3ccc(F)cc3)c3ccc(F)cc3)CC2)c1=O. The molecule has 0 aliphatic carbocycles. The van der Waals surface area contributed by atoms with Crippen molar-refractivity contribution in [2.24, 2.45) is 0 Å². The van der Waals surface area contributed by atoms with Crippen molar-refractivity contribution in [3.8, 4) is 5.75 Å². The van der Waals surface area contributed by atoms with Gasteiger partial charge in [0.25, 0.3) is 0 Å². The first-order valence-electron chi connectivity index (χ1n) is 12.5. The highest BCUT2D eigenvalue weighted by atomic mass is 19.1. The smallest absolute Gasteiger partial charge is 0.224 e. The first kappa shape index (κ1) is 26.0. The summed E-state index contributed by atoms with van der Waals surface area (Å²) in [5.74, 6) is 0.112. The zero-order valence-electron chi connectivity index (χ0n) is 21.2. The van der Waals surface area contributed by atoms with Gasteiger partial charge >= 0.3 is 0 Å². The summed E-state index contributed by atoms with van der Waals surface area (Å²) in [7, 11) is 1.54. The fraction of sp³-hybridized carbons (Fsp3) is 0.367. The van der Waals surface area contributed by atoms with Gasteiger partial charge in [0.15, 0.2) is 5.75 Å². The van der Waals surface area contributed by atoms with Gasteiger partial charge in [-0.15, -0.1) is 0 Å². The quantitative estimate of drug-likeness (QED) is 0.420. The number of hydrogen-bond donors (Lipinski definition) is 0. The van der Waals surface area contributed by atoms with Crippen molar-refractivity contribution >= 4 is 0 Å². The third-order valence-electron chi connectivity index (χ3n) is 6.93. The molecule has 1 heterocycles. The van der Waals surface area contributed by atoms with E-state index in [1.54, 1.807) is 31.4 Å². The number of halogens is 2. The van der Waals surface area contributed by atoms with Crippen LogP contribution in [0.15, 0.2) is 71.5 Å². The van der Waals surface area contributed by atoms with Crippen LogP contribution < -0.4 is 10.2 Å². The van der Waals surface area contributed by atoms with Crippen molar-refractivity contribution in [2.75, 3.05) is 33.3 Å². The molecule has 190 valence electrons. The molecule has 3 aromatic carbocycles. The third kappa shape index (κ3) is 6.18. The lowest BCUT2D eigenvalue weighted by atomic mass is 9.96. The van der Waals surface area contributed by atoms with Crippen LogP contribution in [0, 0.1) is 11.6 Å². The second-order valence-electron chi connectivity index (χ2n) is 9.73. The van der Waals surface area contributed by atoms with Crippen LogP contribution >= 0.6 is 0 Å². The van der Waals surface area contributed by atoms with Crippen molar-refractivity contribution in [2.45, 2.75) is 38.8 Å². The molecule has 36 heavy (non-hydrogen) atoms. The van der Waals surface area contributed by atoms with Gasteiger partial charge in [-0.3, -0.25) is 14.6 Å². The Morgan fingerprint density at radius 1 is 0.806 bits per heavy atom. The van der Waals surface area contributed by atoms with E-state index < -0.39 is 0 Å². The van der Waals surface area contributed by atoms with Gasteiger partial charge in [0.1, 0.15) is 11.6 Å². The molecule has 0 amide bonds. The highest BCUT2D eigenvalue weighted by Crippen LogP contribution is 2.30. The monoisotopic (exact) mass is 492 g/mol. The highest BCUT2D eigenvalue weighted by Gasteiger charge is 2.25. The molecule has 0 atom stereocenters. The van der Waals surface area contributed by atoms with E-state index in [-0.39, 0.29) is 23.1 Å². The normalized spacial score (nSPS) is 15.3. The Morgan fingerprint density at radius 2 is 1.39 bits per heavy atom. The van der Waals surface area contributed by atoms with Crippen LogP contribution in [0.3, 0.4) is 0 Å². The van der Waals surface area contributed by atoms with E-state index in [2.05, 4.69) is 23.6 Å².